The average Bonchev–Trinajstić information content (AvgIpc) is 3.12. The number of ether oxygens (including phenoxy) is 1. The van der Waals surface area contributed by atoms with Gasteiger partial charge in [-0.25, -0.2) is 9.59 Å². The molecule has 3 unspecified atom stereocenters. The topological polar surface area (TPSA) is 70.1 Å². The minimum atomic E-state index is -0.917. The van der Waals surface area contributed by atoms with Gasteiger partial charge in [0.2, 0.25) is 0 Å². The number of thioether (sulfide) groups is 1. The highest BCUT2D eigenvalue weighted by Crippen LogP contribution is 2.32. The quantitative estimate of drug-likeness (QED) is 0.838. The lowest BCUT2D eigenvalue weighted by Gasteiger charge is -2.33. The molecular weight excluding hydrogens is 292 g/mol. The Bertz CT molecular complexity index is 387. The maximum atomic E-state index is 12.8. The van der Waals surface area contributed by atoms with Gasteiger partial charge in [-0.15, -0.1) is 11.8 Å². The van der Waals surface area contributed by atoms with E-state index < -0.39 is 12.0 Å². The highest BCUT2D eigenvalue weighted by Gasteiger charge is 2.42. The zero-order valence-corrected chi connectivity index (χ0v) is 13.5. The van der Waals surface area contributed by atoms with Crippen molar-refractivity contribution in [2.24, 2.45) is 0 Å². The second-order valence-corrected chi connectivity index (χ2v) is 6.62. The highest BCUT2D eigenvalue weighted by molar-refractivity contribution is 8.00. The van der Waals surface area contributed by atoms with Gasteiger partial charge in [-0.2, -0.15) is 0 Å². The summed E-state index contributed by atoms with van der Waals surface area (Å²) in [6.45, 7) is 5.79. The molecule has 2 fully saturated rings. The zero-order valence-electron chi connectivity index (χ0n) is 12.7. The van der Waals surface area contributed by atoms with Crippen LogP contribution in [0.3, 0.4) is 0 Å². The van der Waals surface area contributed by atoms with Crippen LogP contribution in [0.2, 0.25) is 0 Å². The summed E-state index contributed by atoms with van der Waals surface area (Å²) in [5.41, 5.74) is 0. The number of rotatable bonds is 5. The molecule has 0 radical (unpaired) electrons. The number of nitrogens with zero attached hydrogens (tertiary/aromatic N) is 2. The van der Waals surface area contributed by atoms with Crippen molar-refractivity contribution in [2.45, 2.75) is 50.6 Å². The summed E-state index contributed by atoms with van der Waals surface area (Å²) < 4.78 is 5.59. The number of carboxylic acids is 1. The largest absolute Gasteiger partial charge is 0.480 e. The third-order valence-corrected chi connectivity index (χ3v) is 5.50. The zero-order chi connectivity index (χ0) is 15.4. The Morgan fingerprint density at radius 3 is 2.71 bits per heavy atom. The van der Waals surface area contributed by atoms with Crippen LogP contribution >= 0.6 is 11.8 Å². The van der Waals surface area contributed by atoms with E-state index in [1.807, 2.05) is 13.8 Å². The molecule has 0 bridgehead atoms. The van der Waals surface area contributed by atoms with E-state index in [0.717, 1.165) is 25.9 Å². The standard InChI is InChI=1S/C14H24N2O4S/c1-3-12-16(11(9-21-12)13(17)18)14(19)15(4-2)8-10-6-5-7-20-10/h10-12H,3-9H2,1-2H3,(H,17,18). The molecule has 0 aromatic carbocycles. The molecule has 21 heavy (non-hydrogen) atoms. The molecule has 0 aromatic heterocycles. The van der Waals surface area contributed by atoms with E-state index in [0.29, 0.717) is 18.8 Å². The minimum absolute atomic E-state index is 0.0443. The number of hydrogen-bond acceptors (Lipinski definition) is 4. The van der Waals surface area contributed by atoms with Crippen molar-refractivity contribution in [3.63, 3.8) is 0 Å². The Kier molecular flexibility index (Phi) is 5.75. The van der Waals surface area contributed by atoms with Gasteiger partial charge in [0.05, 0.1) is 11.5 Å². The lowest BCUT2D eigenvalue weighted by atomic mass is 10.2. The molecule has 6 nitrogen and oxygen atoms in total. The number of likely N-dealkylation sites (N-methyl/N-ethyl adjacent to an activating group) is 1. The number of aliphatic carboxylic acids is 1. The molecule has 120 valence electrons. The summed E-state index contributed by atoms with van der Waals surface area (Å²) in [5, 5.41) is 9.29. The molecule has 7 heteroatoms. The lowest BCUT2D eigenvalue weighted by molar-refractivity contribution is -0.141. The van der Waals surface area contributed by atoms with Gasteiger partial charge < -0.3 is 14.7 Å². The van der Waals surface area contributed by atoms with Gasteiger partial charge >= 0.3 is 12.0 Å². The number of urea groups is 1. The SMILES string of the molecule is CCC1SCC(C(=O)O)N1C(=O)N(CC)CC1CCCO1. The molecule has 2 rings (SSSR count). The van der Waals surface area contributed by atoms with Crippen molar-refractivity contribution in [3.8, 4) is 0 Å². The van der Waals surface area contributed by atoms with Crippen LogP contribution in [-0.4, -0.2) is 69.9 Å². The Morgan fingerprint density at radius 1 is 1.43 bits per heavy atom. The molecule has 2 aliphatic heterocycles. The Balaban J connectivity index is 2.07. The van der Waals surface area contributed by atoms with E-state index in [4.69, 9.17) is 4.74 Å². The molecule has 0 spiro atoms. The van der Waals surface area contributed by atoms with Crippen LogP contribution in [0.25, 0.3) is 0 Å². The summed E-state index contributed by atoms with van der Waals surface area (Å²) in [7, 11) is 0. The number of carbonyl (C=O) groups excluding carboxylic acids is 1. The summed E-state index contributed by atoms with van der Waals surface area (Å²) in [6.07, 6.45) is 2.86. The predicted octanol–water partition coefficient (Wildman–Crippen LogP) is 1.85. The van der Waals surface area contributed by atoms with Crippen LogP contribution in [0.5, 0.6) is 0 Å². The first-order valence-electron chi connectivity index (χ1n) is 7.61. The van der Waals surface area contributed by atoms with Crippen molar-refractivity contribution in [2.75, 3.05) is 25.4 Å². The first kappa shape index (κ1) is 16.4. The smallest absolute Gasteiger partial charge is 0.327 e. The van der Waals surface area contributed by atoms with Crippen LogP contribution in [0.1, 0.15) is 33.1 Å². The van der Waals surface area contributed by atoms with Gasteiger partial charge in [0.15, 0.2) is 0 Å². The van der Waals surface area contributed by atoms with Crippen molar-refractivity contribution in [3.05, 3.63) is 0 Å². The third-order valence-electron chi connectivity index (χ3n) is 4.05. The first-order valence-corrected chi connectivity index (χ1v) is 8.66. The van der Waals surface area contributed by atoms with Gasteiger partial charge in [0.1, 0.15) is 6.04 Å². The number of amides is 2. The van der Waals surface area contributed by atoms with E-state index in [1.165, 1.54) is 0 Å². The molecular formula is C14H24N2O4S. The minimum Gasteiger partial charge on any atom is -0.480 e. The summed E-state index contributed by atoms with van der Waals surface area (Å²) >= 11 is 1.55. The van der Waals surface area contributed by atoms with E-state index >= 15 is 0 Å². The van der Waals surface area contributed by atoms with E-state index in [2.05, 4.69) is 0 Å². The molecule has 3 atom stereocenters. The Labute approximate surface area is 129 Å². The highest BCUT2D eigenvalue weighted by atomic mass is 32.2. The molecule has 0 aromatic rings. The average molecular weight is 316 g/mol. The lowest BCUT2D eigenvalue weighted by Crippen LogP contribution is -2.52. The Hall–Kier alpha value is -0.950. The van der Waals surface area contributed by atoms with Crippen LogP contribution in [-0.2, 0) is 9.53 Å². The maximum absolute atomic E-state index is 12.8. The fourth-order valence-corrected chi connectivity index (χ4v) is 4.21. The summed E-state index contributed by atoms with van der Waals surface area (Å²) in [4.78, 5) is 27.4. The van der Waals surface area contributed by atoms with Crippen molar-refractivity contribution in [1.82, 2.24) is 9.80 Å². The van der Waals surface area contributed by atoms with Gasteiger partial charge in [0, 0.05) is 25.4 Å². The van der Waals surface area contributed by atoms with Gasteiger partial charge in [-0.1, -0.05) is 6.92 Å². The van der Waals surface area contributed by atoms with E-state index in [1.54, 1.807) is 21.6 Å². The number of hydrogen-bond donors (Lipinski definition) is 1. The van der Waals surface area contributed by atoms with Crippen molar-refractivity contribution >= 4 is 23.8 Å². The monoisotopic (exact) mass is 316 g/mol. The van der Waals surface area contributed by atoms with Gasteiger partial charge in [-0.05, 0) is 26.2 Å². The fraction of sp³-hybridized carbons (Fsp3) is 0.857. The van der Waals surface area contributed by atoms with Crippen molar-refractivity contribution < 1.29 is 19.4 Å². The molecule has 2 saturated heterocycles. The predicted molar refractivity (Wildman–Crippen MR) is 81.4 cm³/mol. The molecule has 1 N–H and O–H groups in total. The second-order valence-electron chi connectivity index (χ2n) is 5.41. The summed E-state index contributed by atoms with van der Waals surface area (Å²) in [6, 6.07) is -0.886. The molecule has 0 aliphatic carbocycles. The molecule has 2 amide bonds. The van der Waals surface area contributed by atoms with Crippen LogP contribution in [0.15, 0.2) is 0 Å². The molecule has 2 heterocycles. The molecule has 0 saturated carbocycles. The second kappa shape index (κ2) is 7.35. The van der Waals surface area contributed by atoms with E-state index in [9.17, 15) is 14.7 Å². The maximum Gasteiger partial charge on any atom is 0.327 e. The first-order chi connectivity index (χ1) is 10.1. The van der Waals surface area contributed by atoms with Crippen LogP contribution in [0, 0.1) is 0 Å². The number of carbonyl (C=O) groups is 2. The molecule has 2 aliphatic rings. The van der Waals surface area contributed by atoms with E-state index in [-0.39, 0.29) is 17.5 Å². The fourth-order valence-electron chi connectivity index (χ4n) is 2.86. The summed E-state index contributed by atoms with van der Waals surface area (Å²) in [5.74, 6) is -0.447. The number of carboxylic acid groups (broad SMARTS) is 1. The van der Waals surface area contributed by atoms with Crippen LogP contribution < -0.4 is 0 Å². The van der Waals surface area contributed by atoms with Gasteiger partial charge in [0.25, 0.3) is 0 Å². The van der Waals surface area contributed by atoms with Crippen molar-refractivity contribution in [1.29, 1.82) is 0 Å². The normalized spacial score (nSPS) is 28.9. The van der Waals surface area contributed by atoms with Gasteiger partial charge in [-0.3, -0.25) is 4.90 Å². The Morgan fingerprint density at radius 2 is 2.19 bits per heavy atom. The third kappa shape index (κ3) is 3.63. The van der Waals surface area contributed by atoms with Crippen LogP contribution in [0.4, 0.5) is 4.79 Å².